The average Bonchev–Trinajstić information content (AvgIpc) is 2.48. The van der Waals surface area contributed by atoms with Crippen LogP contribution in [-0.4, -0.2) is 33.6 Å². The monoisotopic (exact) mass is 415 g/mol. The third-order valence-corrected chi connectivity index (χ3v) is 3.82. The molecule has 0 aliphatic heterocycles. The van der Waals surface area contributed by atoms with Crippen LogP contribution in [0.1, 0.15) is 39.5 Å². The molecule has 0 aromatic carbocycles. The first-order valence-electron chi connectivity index (χ1n) is 6.27. The van der Waals surface area contributed by atoms with Crippen LogP contribution in [0.15, 0.2) is 10.2 Å². The first kappa shape index (κ1) is 26.2. The molecule has 0 bridgehead atoms. The molecule has 0 aromatic rings. The standard InChI is InChI=1S/2C6H12N2S2.Cu/c2*1-3-4-5-7-8-6(9)10-2;/h2*5H,3-4H2,1-2H3,(H,8,9);. The van der Waals surface area contributed by atoms with Crippen molar-refractivity contribution in [1.29, 1.82) is 0 Å². The third kappa shape index (κ3) is 25.6. The summed E-state index contributed by atoms with van der Waals surface area (Å²) in [5, 5.41) is 7.60. The summed E-state index contributed by atoms with van der Waals surface area (Å²) in [6.45, 7) is 4.21. The normalized spacial score (nSPS) is 9.71. The molecular weight excluding hydrogens is 392 g/mol. The van der Waals surface area contributed by atoms with Gasteiger partial charge in [0.15, 0.2) is 33.1 Å². The minimum absolute atomic E-state index is 0. The van der Waals surface area contributed by atoms with E-state index in [9.17, 15) is 0 Å². The van der Waals surface area contributed by atoms with Crippen LogP contribution < -0.4 is 0 Å². The third-order valence-electron chi connectivity index (χ3n) is 1.65. The summed E-state index contributed by atoms with van der Waals surface area (Å²) in [6.07, 6.45) is 11.6. The molecule has 9 heteroatoms. The van der Waals surface area contributed by atoms with Gasteiger partial charge in [-0.25, -0.2) is 0 Å². The Bertz CT molecular complexity index is 282. The molecule has 0 saturated carbocycles. The maximum Gasteiger partial charge on any atom is 0.174 e. The second-order valence-corrected chi connectivity index (χ2v) is 6.39. The van der Waals surface area contributed by atoms with Crippen LogP contribution in [0.5, 0.6) is 0 Å². The van der Waals surface area contributed by atoms with Gasteiger partial charge in [-0.1, -0.05) is 50.2 Å². The summed E-state index contributed by atoms with van der Waals surface area (Å²) < 4.78 is 1.40. The van der Waals surface area contributed by atoms with Crippen molar-refractivity contribution in [2.75, 3.05) is 12.5 Å². The number of unbranched alkanes of at least 4 members (excludes halogenated alkanes) is 2. The number of rotatable bonds is 6. The van der Waals surface area contributed by atoms with Gasteiger partial charge in [0.1, 0.15) is 0 Å². The van der Waals surface area contributed by atoms with E-state index in [1.54, 1.807) is 12.4 Å². The summed E-state index contributed by atoms with van der Waals surface area (Å²) in [5.41, 5.74) is 7.59. The largest absolute Gasteiger partial charge is 0.520 e. The molecule has 0 N–H and O–H groups in total. The molecule has 0 rings (SSSR count). The molecule has 0 aliphatic rings. The van der Waals surface area contributed by atoms with Crippen LogP contribution in [0, 0.1) is 0 Å². The molecule has 0 aliphatic carbocycles. The number of hydrogen-bond donors (Lipinski definition) is 0. The minimum Gasteiger partial charge on any atom is -0.520 e. The molecule has 0 amide bonds. The van der Waals surface area contributed by atoms with Crippen molar-refractivity contribution in [3.8, 4) is 0 Å². The maximum absolute atomic E-state index is 4.03. The van der Waals surface area contributed by atoms with E-state index in [1.807, 2.05) is 12.5 Å². The quantitative estimate of drug-likeness (QED) is 0.165. The van der Waals surface area contributed by atoms with Crippen molar-refractivity contribution in [2.45, 2.75) is 39.5 Å². The van der Waals surface area contributed by atoms with Crippen molar-refractivity contribution in [1.82, 2.24) is 0 Å². The number of thiol groups is 2. The van der Waals surface area contributed by atoms with Crippen molar-refractivity contribution in [3.63, 3.8) is 0 Å². The van der Waals surface area contributed by atoms with Gasteiger partial charge in [0.05, 0.1) is 0 Å². The molecule has 1 radical (unpaired) electrons. The predicted molar refractivity (Wildman–Crippen MR) is 108 cm³/mol. The van der Waals surface area contributed by atoms with Gasteiger partial charge in [0, 0.05) is 17.1 Å². The molecule has 21 heavy (non-hydrogen) atoms. The Hall–Kier alpha value is 0.339. The molecule has 0 atom stereocenters. The molecule has 0 spiro atoms. The van der Waals surface area contributed by atoms with E-state index in [2.05, 4.69) is 59.3 Å². The van der Waals surface area contributed by atoms with Crippen LogP contribution >= 0.6 is 23.5 Å². The summed E-state index contributed by atoms with van der Waals surface area (Å²) in [6, 6.07) is 0. The van der Waals surface area contributed by atoms with Crippen LogP contribution in [-0.2, 0) is 41.5 Å². The van der Waals surface area contributed by atoms with Crippen molar-refractivity contribution in [2.24, 2.45) is 10.2 Å². The summed E-state index contributed by atoms with van der Waals surface area (Å²) in [4.78, 5) is 0. The fourth-order valence-corrected chi connectivity index (χ4v) is 0.997. The summed E-state index contributed by atoms with van der Waals surface area (Å²) in [5.74, 6) is 0. The molecule has 0 fully saturated rings. The van der Waals surface area contributed by atoms with Crippen LogP contribution in [0.2, 0.25) is 0 Å². The SMILES string of the molecule is CCCC=N[N-]C(=[SH+])SC.CCCC=N[N-]C(=[SH+])SC.[Cu]. The Morgan fingerprint density at radius 2 is 1.24 bits per heavy atom. The Morgan fingerprint density at radius 1 is 0.905 bits per heavy atom. The Balaban J connectivity index is -0.000000295. The van der Waals surface area contributed by atoms with Gasteiger partial charge in [-0.15, -0.1) is 0 Å². The van der Waals surface area contributed by atoms with E-state index in [1.165, 1.54) is 23.5 Å². The van der Waals surface area contributed by atoms with E-state index in [4.69, 9.17) is 0 Å². The fraction of sp³-hybridized carbons (Fsp3) is 0.667. The minimum atomic E-state index is 0. The zero-order chi connectivity index (χ0) is 15.6. The molecule has 0 unspecified atom stereocenters. The van der Waals surface area contributed by atoms with E-state index >= 15 is 0 Å². The zero-order valence-electron chi connectivity index (χ0n) is 12.8. The van der Waals surface area contributed by atoms with Gasteiger partial charge >= 0.3 is 0 Å². The second-order valence-electron chi connectivity index (χ2n) is 3.35. The van der Waals surface area contributed by atoms with Crippen LogP contribution in [0.3, 0.4) is 0 Å². The number of thioether (sulfide) groups is 2. The summed E-state index contributed by atoms with van der Waals surface area (Å²) in [7, 11) is 0. The van der Waals surface area contributed by atoms with E-state index in [0.717, 1.165) is 25.7 Å². The molecule has 0 aromatic heterocycles. The van der Waals surface area contributed by atoms with Crippen molar-refractivity contribution in [3.05, 3.63) is 10.9 Å². The van der Waals surface area contributed by atoms with Crippen LogP contribution in [0.25, 0.3) is 10.9 Å². The zero-order valence-corrected chi connectivity index (χ0v) is 17.1. The Kier molecular flexibility index (Phi) is 28.3. The van der Waals surface area contributed by atoms with Crippen molar-refractivity contribution < 1.29 is 17.1 Å². The topological polar surface area (TPSA) is 52.9 Å². The van der Waals surface area contributed by atoms with Crippen LogP contribution in [0.4, 0.5) is 0 Å². The molecule has 0 saturated heterocycles. The average molecular weight is 416 g/mol. The fourth-order valence-electron chi connectivity index (χ4n) is 0.636. The van der Waals surface area contributed by atoms with Crippen molar-refractivity contribution >= 4 is 69.0 Å². The van der Waals surface area contributed by atoms with Gasteiger partial charge in [-0.3, -0.25) is 0 Å². The van der Waals surface area contributed by atoms with Gasteiger partial charge in [-0.2, -0.15) is 0 Å². The molecule has 0 heterocycles. The van der Waals surface area contributed by atoms with E-state index in [0.29, 0.717) is 8.64 Å². The summed E-state index contributed by atoms with van der Waals surface area (Å²) >= 11 is 11.0. The van der Waals surface area contributed by atoms with E-state index < -0.39 is 0 Å². The molecular formula is C12H24CuN4S4. The molecule has 4 nitrogen and oxygen atoms in total. The number of hydrogen-bond acceptors (Lipinski definition) is 4. The maximum atomic E-state index is 4.03. The predicted octanol–water partition coefficient (Wildman–Crippen LogP) is 3.75. The van der Waals surface area contributed by atoms with Gasteiger partial charge in [0.25, 0.3) is 0 Å². The van der Waals surface area contributed by atoms with Gasteiger partial charge < -0.3 is 21.1 Å². The number of nitrogens with zero attached hydrogens (tertiary/aromatic N) is 4. The first-order valence-corrected chi connectivity index (χ1v) is 9.61. The van der Waals surface area contributed by atoms with Gasteiger partial charge in [0.2, 0.25) is 0 Å². The Labute approximate surface area is 158 Å². The second kappa shape index (κ2) is 22.6. The Morgan fingerprint density at radius 3 is 1.48 bits per heavy atom. The smallest absolute Gasteiger partial charge is 0.174 e. The van der Waals surface area contributed by atoms with Gasteiger partial charge in [-0.05, 0) is 37.8 Å². The van der Waals surface area contributed by atoms with E-state index in [-0.39, 0.29) is 17.1 Å². The molecule has 127 valence electrons. The first-order chi connectivity index (χ1) is 9.62.